The van der Waals surface area contributed by atoms with E-state index in [2.05, 4.69) is 10.1 Å². The number of methoxy groups -OCH3 is 1. The van der Waals surface area contributed by atoms with E-state index >= 15 is 0 Å². The molecule has 0 spiro atoms. The van der Waals surface area contributed by atoms with Crippen molar-refractivity contribution >= 4 is 17.5 Å². The van der Waals surface area contributed by atoms with Gasteiger partial charge in [-0.3, -0.25) is 4.79 Å². The average molecular weight is 350 g/mol. The molecule has 0 radical (unpaired) electrons. The first-order valence-corrected chi connectivity index (χ1v) is 8.35. The van der Waals surface area contributed by atoms with E-state index in [4.69, 9.17) is 20.9 Å². The molecule has 1 amide bonds. The van der Waals surface area contributed by atoms with E-state index in [1.807, 2.05) is 4.90 Å². The molecular formula is C17H20ClN3O3. The highest BCUT2D eigenvalue weighted by Crippen LogP contribution is 2.28. The van der Waals surface area contributed by atoms with Gasteiger partial charge in [0.15, 0.2) is 5.82 Å². The van der Waals surface area contributed by atoms with E-state index in [9.17, 15) is 4.79 Å². The van der Waals surface area contributed by atoms with Crippen LogP contribution in [-0.4, -0.2) is 41.1 Å². The van der Waals surface area contributed by atoms with E-state index in [-0.39, 0.29) is 18.2 Å². The molecule has 2 aromatic rings. The van der Waals surface area contributed by atoms with Gasteiger partial charge in [-0.25, -0.2) is 0 Å². The van der Waals surface area contributed by atoms with Crippen LogP contribution in [0.25, 0.3) is 0 Å². The summed E-state index contributed by atoms with van der Waals surface area (Å²) in [4.78, 5) is 18.8. The highest BCUT2D eigenvalue weighted by molar-refractivity contribution is 6.30. The van der Waals surface area contributed by atoms with Crippen LogP contribution in [0.5, 0.6) is 5.75 Å². The summed E-state index contributed by atoms with van der Waals surface area (Å²) in [5.41, 5.74) is 0.797. The molecule has 0 N–H and O–H groups in total. The van der Waals surface area contributed by atoms with Crippen molar-refractivity contribution in [1.29, 1.82) is 0 Å². The van der Waals surface area contributed by atoms with Gasteiger partial charge in [0.05, 0.1) is 19.4 Å². The molecule has 7 heteroatoms. The van der Waals surface area contributed by atoms with Crippen molar-refractivity contribution in [3.8, 4) is 5.75 Å². The third kappa shape index (κ3) is 3.70. The zero-order valence-electron chi connectivity index (χ0n) is 13.8. The van der Waals surface area contributed by atoms with Gasteiger partial charge in [0.25, 0.3) is 0 Å². The Hall–Kier alpha value is -2.08. The standard InChI is InChI=1S/C17H20ClN3O3/c1-11-19-17(24-20-11)12-4-3-7-21(10-12)16(22)9-13-8-14(18)5-6-15(13)23-2/h5-6,8,12H,3-4,7,9-10H2,1-2H3. The van der Waals surface area contributed by atoms with Crippen LogP contribution in [0.1, 0.15) is 36.0 Å². The topological polar surface area (TPSA) is 68.5 Å². The van der Waals surface area contributed by atoms with Gasteiger partial charge < -0.3 is 14.2 Å². The third-order valence-corrected chi connectivity index (χ3v) is 4.49. The Morgan fingerprint density at radius 1 is 1.50 bits per heavy atom. The van der Waals surface area contributed by atoms with Crippen molar-refractivity contribution in [1.82, 2.24) is 15.0 Å². The predicted octanol–water partition coefficient (Wildman–Crippen LogP) is 2.99. The molecule has 1 unspecified atom stereocenters. The quantitative estimate of drug-likeness (QED) is 0.848. The number of benzene rings is 1. The molecule has 1 fully saturated rings. The van der Waals surface area contributed by atoms with Gasteiger partial charge in [0, 0.05) is 23.7 Å². The molecule has 128 valence electrons. The van der Waals surface area contributed by atoms with E-state index in [1.165, 1.54) is 0 Å². The molecule has 0 saturated carbocycles. The lowest BCUT2D eigenvalue weighted by atomic mass is 9.97. The number of halogens is 1. The predicted molar refractivity (Wildman–Crippen MR) is 89.3 cm³/mol. The highest BCUT2D eigenvalue weighted by Gasteiger charge is 2.28. The Morgan fingerprint density at radius 3 is 3.04 bits per heavy atom. The number of hydrogen-bond donors (Lipinski definition) is 0. The largest absolute Gasteiger partial charge is 0.496 e. The Balaban J connectivity index is 1.70. The zero-order chi connectivity index (χ0) is 17.1. The number of ether oxygens (including phenoxy) is 1. The Bertz CT molecular complexity index is 732. The van der Waals surface area contributed by atoms with Gasteiger partial charge in [-0.05, 0) is 38.0 Å². The van der Waals surface area contributed by atoms with Crippen molar-refractivity contribution in [3.63, 3.8) is 0 Å². The van der Waals surface area contributed by atoms with Crippen LogP contribution in [-0.2, 0) is 11.2 Å². The van der Waals surface area contributed by atoms with Gasteiger partial charge in [-0.1, -0.05) is 16.8 Å². The molecule has 6 nitrogen and oxygen atoms in total. The Kier molecular flexibility index (Phi) is 5.04. The van der Waals surface area contributed by atoms with Gasteiger partial charge in [-0.15, -0.1) is 0 Å². The van der Waals surface area contributed by atoms with Crippen LogP contribution in [0.4, 0.5) is 0 Å². The number of nitrogens with zero attached hydrogens (tertiary/aromatic N) is 3. The Labute approximate surface area is 145 Å². The molecule has 2 heterocycles. The van der Waals surface area contributed by atoms with Crippen LogP contribution in [0.3, 0.4) is 0 Å². The molecule has 0 aliphatic carbocycles. The summed E-state index contributed by atoms with van der Waals surface area (Å²) in [7, 11) is 1.59. The molecule has 1 aliphatic heterocycles. The fourth-order valence-electron chi connectivity index (χ4n) is 3.04. The zero-order valence-corrected chi connectivity index (χ0v) is 14.5. The lowest BCUT2D eigenvalue weighted by Crippen LogP contribution is -2.40. The second kappa shape index (κ2) is 7.21. The smallest absolute Gasteiger partial charge is 0.231 e. The van der Waals surface area contributed by atoms with Crippen LogP contribution < -0.4 is 4.74 Å². The second-order valence-corrected chi connectivity index (χ2v) is 6.43. The second-order valence-electron chi connectivity index (χ2n) is 5.99. The third-order valence-electron chi connectivity index (χ3n) is 4.25. The van der Waals surface area contributed by atoms with E-state index in [0.29, 0.717) is 29.0 Å². The van der Waals surface area contributed by atoms with Crippen molar-refractivity contribution in [2.75, 3.05) is 20.2 Å². The molecule has 1 atom stereocenters. The summed E-state index contributed by atoms with van der Waals surface area (Å²) in [6.45, 7) is 3.14. The summed E-state index contributed by atoms with van der Waals surface area (Å²) >= 11 is 6.04. The number of carbonyl (C=O) groups is 1. The average Bonchev–Trinajstić information content (AvgIpc) is 3.02. The van der Waals surface area contributed by atoms with E-state index < -0.39 is 0 Å². The van der Waals surface area contributed by atoms with E-state index in [1.54, 1.807) is 32.2 Å². The number of hydrogen-bond acceptors (Lipinski definition) is 5. The minimum absolute atomic E-state index is 0.0523. The van der Waals surface area contributed by atoms with E-state index in [0.717, 1.165) is 24.9 Å². The lowest BCUT2D eigenvalue weighted by molar-refractivity contribution is -0.131. The number of likely N-dealkylation sites (tertiary alicyclic amines) is 1. The first-order valence-electron chi connectivity index (χ1n) is 7.97. The maximum atomic E-state index is 12.7. The fraction of sp³-hybridized carbons (Fsp3) is 0.471. The van der Waals surface area contributed by atoms with Crippen molar-refractivity contribution in [2.24, 2.45) is 0 Å². The molecule has 24 heavy (non-hydrogen) atoms. The van der Waals surface area contributed by atoms with Crippen LogP contribution in [0, 0.1) is 6.92 Å². The van der Waals surface area contributed by atoms with Crippen molar-refractivity contribution in [2.45, 2.75) is 32.1 Å². The van der Waals surface area contributed by atoms with Gasteiger partial charge in [-0.2, -0.15) is 4.98 Å². The van der Waals surface area contributed by atoms with Gasteiger partial charge >= 0.3 is 0 Å². The lowest BCUT2D eigenvalue weighted by Gasteiger charge is -2.31. The maximum absolute atomic E-state index is 12.7. The number of aromatic nitrogens is 2. The van der Waals surface area contributed by atoms with Crippen molar-refractivity contribution in [3.05, 3.63) is 40.5 Å². The first kappa shape index (κ1) is 16.8. The van der Waals surface area contributed by atoms with Crippen LogP contribution >= 0.6 is 11.6 Å². The number of piperidine rings is 1. The van der Waals surface area contributed by atoms with Crippen molar-refractivity contribution < 1.29 is 14.1 Å². The fourth-order valence-corrected chi connectivity index (χ4v) is 3.24. The summed E-state index contributed by atoms with van der Waals surface area (Å²) in [6.07, 6.45) is 2.13. The van der Waals surface area contributed by atoms with Crippen LogP contribution in [0.15, 0.2) is 22.7 Å². The Morgan fingerprint density at radius 2 is 2.33 bits per heavy atom. The van der Waals surface area contributed by atoms with Gasteiger partial charge in [0.1, 0.15) is 5.75 Å². The summed E-state index contributed by atoms with van der Waals surface area (Å²) in [5, 5.41) is 4.44. The maximum Gasteiger partial charge on any atom is 0.231 e. The molecule has 1 saturated heterocycles. The first-order chi connectivity index (χ1) is 11.6. The molecule has 0 bridgehead atoms. The molecule has 1 aliphatic rings. The molecule has 1 aromatic heterocycles. The number of rotatable bonds is 4. The monoisotopic (exact) mass is 349 g/mol. The summed E-state index contributed by atoms with van der Waals surface area (Å²) < 4.78 is 10.6. The summed E-state index contributed by atoms with van der Waals surface area (Å²) in [6, 6.07) is 5.31. The highest BCUT2D eigenvalue weighted by atomic mass is 35.5. The minimum atomic E-state index is 0.0523. The molecule has 3 rings (SSSR count). The number of carbonyl (C=O) groups excluding carboxylic acids is 1. The molecular weight excluding hydrogens is 330 g/mol. The number of amides is 1. The molecule has 1 aromatic carbocycles. The van der Waals surface area contributed by atoms with Gasteiger partial charge in [0.2, 0.25) is 11.8 Å². The van der Waals surface area contributed by atoms with Crippen LogP contribution in [0.2, 0.25) is 5.02 Å². The summed E-state index contributed by atoms with van der Waals surface area (Å²) in [5.74, 6) is 2.07. The number of aryl methyl sites for hydroxylation is 1. The normalized spacial score (nSPS) is 17.8. The minimum Gasteiger partial charge on any atom is -0.496 e. The SMILES string of the molecule is COc1ccc(Cl)cc1CC(=O)N1CCCC(c2nc(C)no2)C1.